The summed E-state index contributed by atoms with van der Waals surface area (Å²) in [4.78, 5) is 35.1. The summed E-state index contributed by atoms with van der Waals surface area (Å²) in [7, 11) is 0. The molecule has 0 fully saturated rings. The summed E-state index contributed by atoms with van der Waals surface area (Å²) in [5.74, 6) is -0.366. The highest BCUT2D eigenvalue weighted by Crippen LogP contribution is 2.26. The van der Waals surface area contributed by atoms with Crippen LogP contribution in [0.3, 0.4) is 0 Å². The number of aryl methyl sites for hydroxylation is 1. The SMILES string of the molecule is CC(=O)Nc1ccc(C(C)=O)cc1OCC(=O)N[C@H](C)CCc1ccccc1. The Labute approximate surface area is 165 Å². The van der Waals surface area contributed by atoms with Gasteiger partial charge in [0.15, 0.2) is 12.4 Å². The number of benzene rings is 2. The topological polar surface area (TPSA) is 84.5 Å². The van der Waals surface area contributed by atoms with Crippen LogP contribution < -0.4 is 15.4 Å². The fraction of sp³-hybridized carbons (Fsp3) is 0.318. The number of ether oxygens (including phenoxy) is 1. The summed E-state index contributed by atoms with van der Waals surface area (Å²) in [5.41, 5.74) is 2.09. The lowest BCUT2D eigenvalue weighted by Crippen LogP contribution is -2.36. The zero-order valence-electron chi connectivity index (χ0n) is 16.5. The molecule has 0 unspecified atom stereocenters. The summed E-state index contributed by atoms with van der Waals surface area (Å²) in [6, 6.07) is 14.8. The maximum atomic E-state index is 12.2. The van der Waals surface area contributed by atoms with Gasteiger partial charge in [0.05, 0.1) is 5.69 Å². The lowest BCUT2D eigenvalue weighted by Gasteiger charge is -2.16. The number of carbonyl (C=O) groups is 3. The summed E-state index contributed by atoms with van der Waals surface area (Å²) in [5, 5.41) is 5.54. The Balaban J connectivity index is 1.90. The number of anilines is 1. The van der Waals surface area contributed by atoms with Crippen LogP contribution in [-0.2, 0) is 16.0 Å². The van der Waals surface area contributed by atoms with Crippen molar-refractivity contribution >= 4 is 23.3 Å². The zero-order valence-corrected chi connectivity index (χ0v) is 16.5. The monoisotopic (exact) mass is 382 g/mol. The number of rotatable bonds is 9. The van der Waals surface area contributed by atoms with Gasteiger partial charge in [-0.1, -0.05) is 30.3 Å². The van der Waals surface area contributed by atoms with Gasteiger partial charge in [-0.25, -0.2) is 0 Å². The second-order valence-corrected chi connectivity index (χ2v) is 6.73. The van der Waals surface area contributed by atoms with Crippen molar-refractivity contribution in [3.8, 4) is 5.75 Å². The third-order valence-electron chi connectivity index (χ3n) is 4.17. The molecular weight excluding hydrogens is 356 g/mol. The molecule has 2 N–H and O–H groups in total. The van der Waals surface area contributed by atoms with Crippen molar-refractivity contribution in [2.24, 2.45) is 0 Å². The molecule has 1 atom stereocenters. The van der Waals surface area contributed by atoms with Crippen molar-refractivity contribution < 1.29 is 19.1 Å². The van der Waals surface area contributed by atoms with E-state index in [9.17, 15) is 14.4 Å². The first-order valence-electron chi connectivity index (χ1n) is 9.24. The van der Waals surface area contributed by atoms with Crippen LogP contribution in [0.15, 0.2) is 48.5 Å². The molecule has 6 nitrogen and oxygen atoms in total. The van der Waals surface area contributed by atoms with Gasteiger partial charge in [0.25, 0.3) is 5.91 Å². The van der Waals surface area contributed by atoms with Crippen LogP contribution in [-0.4, -0.2) is 30.2 Å². The molecule has 2 aromatic rings. The second-order valence-electron chi connectivity index (χ2n) is 6.73. The van der Waals surface area contributed by atoms with Crippen molar-refractivity contribution in [2.75, 3.05) is 11.9 Å². The average molecular weight is 382 g/mol. The van der Waals surface area contributed by atoms with Crippen LogP contribution in [0.1, 0.15) is 43.1 Å². The number of carbonyl (C=O) groups excluding carboxylic acids is 3. The second kappa shape index (κ2) is 10.3. The van der Waals surface area contributed by atoms with Gasteiger partial charge in [-0.15, -0.1) is 0 Å². The lowest BCUT2D eigenvalue weighted by atomic mass is 10.1. The maximum Gasteiger partial charge on any atom is 0.258 e. The van der Waals surface area contributed by atoms with E-state index < -0.39 is 0 Å². The largest absolute Gasteiger partial charge is 0.482 e. The van der Waals surface area contributed by atoms with Crippen LogP contribution in [0, 0.1) is 0 Å². The van der Waals surface area contributed by atoms with E-state index in [4.69, 9.17) is 4.74 Å². The van der Waals surface area contributed by atoms with Gasteiger partial charge in [-0.3, -0.25) is 14.4 Å². The molecule has 28 heavy (non-hydrogen) atoms. The van der Waals surface area contributed by atoms with Gasteiger partial charge in [0, 0.05) is 18.5 Å². The normalized spacial score (nSPS) is 11.4. The van der Waals surface area contributed by atoms with Crippen molar-refractivity contribution in [3.63, 3.8) is 0 Å². The minimum atomic E-state index is -0.264. The predicted octanol–water partition coefficient (Wildman–Crippen LogP) is 3.36. The van der Waals surface area contributed by atoms with E-state index in [-0.39, 0.29) is 36.0 Å². The Morgan fingerprint density at radius 3 is 2.39 bits per heavy atom. The summed E-state index contributed by atoms with van der Waals surface area (Å²) >= 11 is 0. The van der Waals surface area contributed by atoms with Crippen LogP contribution in [0.25, 0.3) is 0 Å². The fourth-order valence-electron chi connectivity index (χ4n) is 2.71. The van der Waals surface area contributed by atoms with E-state index in [0.29, 0.717) is 11.3 Å². The minimum absolute atomic E-state index is 0.00493. The van der Waals surface area contributed by atoms with E-state index in [2.05, 4.69) is 22.8 Å². The number of nitrogens with one attached hydrogen (secondary N) is 2. The van der Waals surface area contributed by atoms with Crippen molar-refractivity contribution in [3.05, 3.63) is 59.7 Å². The van der Waals surface area contributed by atoms with E-state index in [1.807, 2.05) is 25.1 Å². The summed E-state index contributed by atoms with van der Waals surface area (Å²) in [6.45, 7) is 4.56. The van der Waals surface area contributed by atoms with Crippen LogP contribution in [0.2, 0.25) is 0 Å². The van der Waals surface area contributed by atoms with Crippen molar-refractivity contribution in [2.45, 2.75) is 39.7 Å². The van der Waals surface area contributed by atoms with Gasteiger partial charge in [0.2, 0.25) is 5.91 Å². The third kappa shape index (κ3) is 6.87. The smallest absolute Gasteiger partial charge is 0.258 e. The molecule has 2 amide bonds. The standard InChI is InChI=1S/C22H26N2O4/c1-15(9-10-18-7-5-4-6-8-18)23-22(27)14-28-21-13-19(16(2)25)11-12-20(21)24-17(3)26/h4-8,11-13,15H,9-10,14H2,1-3H3,(H,23,27)(H,24,26)/t15-/m1/s1. The molecule has 0 saturated carbocycles. The molecule has 0 radical (unpaired) electrons. The van der Waals surface area contributed by atoms with Crippen LogP contribution >= 0.6 is 0 Å². The van der Waals surface area contributed by atoms with E-state index >= 15 is 0 Å². The molecule has 0 spiro atoms. The predicted molar refractivity (Wildman–Crippen MR) is 109 cm³/mol. The first-order chi connectivity index (χ1) is 13.3. The van der Waals surface area contributed by atoms with Crippen molar-refractivity contribution in [1.82, 2.24) is 5.32 Å². The highest BCUT2D eigenvalue weighted by molar-refractivity contribution is 5.96. The Bertz CT molecular complexity index is 834. The number of hydrogen-bond donors (Lipinski definition) is 2. The van der Waals surface area contributed by atoms with E-state index in [1.54, 1.807) is 12.1 Å². The number of amides is 2. The highest BCUT2D eigenvalue weighted by Gasteiger charge is 2.13. The highest BCUT2D eigenvalue weighted by atomic mass is 16.5. The zero-order chi connectivity index (χ0) is 20.5. The van der Waals surface area contributed by atoms with Crippen LogP contribution in [0.4, 0.5) is 5.69 Å². The van der Waals surface area contributed by atoms with Crippen molar-refractivity contribution in [1.29, 1.82) is 0 Å². The molecule has 6 heteroatoms. The summed E-state index contributed by atoms with van der Waals surface area (Å²) in [6.07, 6.45) is 1.68. The minimum Gasteiger partial charge on any atom is -0.482 e. The molecule has 0 aliphatic heterocycles. The molecule has 148 valence electrons. The first-order valence-corrected chi connectivity index (χ1v) is 9.24. The average Bonchev–Trinajstić information content (AvgIpc) is 2.65. The van der Waals surface area contributed by atoms with E-state index in [1.165, 1.54) is 25.5 Å². The fourth-order valence-corrected chi connectivity index (χ4v) is 2.71. The Kier molecular flexibility index (Phi) is 7.75. The van der Waals surface area contributed by atoms with Gasteiger partial charge >= 0.3 is 0 Å². The third-order valence-corrected chi connectivity index (χ3v) is 4.17. The summed E-state index contributed by atoms with van der Waals surface area (Å²) < 4.78 is 5.58. The quantitative estimate of drug-likeness (QED) is 0.651. The molecule has 0 aromatic heterocycles. The lowest BCUT2D eigenvalue weighted by molar-refractivity contribution is -0.123. The first kappa shape index (κ1) is 21.2. The molecular formula is C22H26N2O4. The Hall–Kier alpha value is -3.15. The molecule has 2 rings (SSSR count). The molecule has 2 aromatic carbocycles. The molecule has 0 aliphatic rings. The number of Topliss-reactive ketones (excluding diaryl/α,β-unsaturated/α-hetero) is 1. The van der Waals surface area contributed by atoms with Gasteiger partial charge in [0.1, 0.15) is 5.75 Å². The molecule has 0 aliphatic carbocycles. The van der Waals surface area contributed by atoms with Gasteiger partial charge < -0.3 is 15.4 Å². The molecule has 0 bridgehead atoms. The van der Waals surface area contributed by atoms with Crippen LogP contribution in [0.5, 0.6) is 5.75 Å². The molecule has 0 saturated heterocycles. The number of hydrogen-bond acceptors (Lipinski definition) is 4. The molecule has 0 heterocycles. The van der Waals surface area contributed by atoms with Gasteiger partial charge in [-0.05, 0) is 50.5 Å². The maximum absolute atomic E-state index is 12.2. The number of ketones is 1. The Morgan fingerprint density at radius 2 is 1.75 bits per heavy atom. The van der Waals surface area contributed by atoms with Gasteiger partial charge in [-0.2, -0.15) is 0 Å². The van der Waals surface area contributed by atoms with E-state index in [0.717, 1.165) is 12.8 Å². The Morgan fingerprint density at radius 1 is 1.04 bits per heavy atom.